The molecule has 8 rings (SSSR count). The quantitative estimate of drug-likeness (QED) is 0.267. The van der Waals surface area contributed by atoms with Crippen molar-refractivity contribution in [2.45, 2.75) is 125 Å². The van der Waals surface area contributed by atoms with Gasteiger partial charge in [0.25, 0.3) is 11.8 Å². The molecule has 2 aliphatic heterocycles. The number of carbonyl (C=O) groups is 4. The molecule has 3 saturated carbocycles. The molecule has 56 heavy (non-hydrogen) atoms. The summed E-state index contributed by atoms with van der Waals surface area (Å²) in [6, 6.07) is 3.81. The average Bonchev–Trinajstić information content (AvgIpc) is 4.14. The predicted molar refractivity (Wildman–Crippen MR) is 199 cm³/mol. The fraction of sp³-hybridized carbons (Fsp3) is 0.564. The molecule has 0 radical (unpaired) electrons. The van der Waals surface area contributed by atoms with Gasteiger partial charge in [0.15, 0.2) is 11.5 Å². The molecule has 15 nitrogen and oxygen atoms in total. The van der Waals surface area contributed by atoms with E-state index in [-0.39, 0.29) is 48.8 Å². The number of nitrogens with one attached hydrogen (secondary N) is 3. The Morgan fingerprint density at radius 1 is 1.12 bits per heavy atom. The number of carbonyl (C=O) groups excluding carboxylic acids is 4. The van der Waals surface area contributed by atoms with Gasteiger partial charge in [-0.3, -0.25) is 23.9 Å². The summed E-state index contributed by atoms with van der Waals surface area (Å²) in [5, 5.41) is 9.64. The summed E-state index contributed by atoms with van der Waals surface area (Å²) in [7, 11) is -4.02. The summed E-state index contributed by atoms with van der Waals surface area (Å²) in [5.41, 5.74) is -0.684. The van der Waals surface area contributed by atoms with Crippen LogP contribution in [0.1, 0.15) is 112 Å². The summed E-state index contributed by atoms with van der Waals surface area (Å²) < 4.78 is 54.1. The maximum absolute atomic E-state index is 14.8. The van der Waals surface area contributed by atoms with E-state index in [9.17, 15) is 32.0 Å². The minimum atomic E-state index is -4.02. The first-order chi connectivity index (χ1) is 26.8. The molecule has 3 aliphatic carbocycles. The van der Waals surface area contributed by atoms with E-state index in [1.807, 2.05) is 19.1 Å². The molecule has 4 heterocycles. The van der Waals surface area contributed by atoms with E-state index in [0.29, 0.717) is 49.1 Å². The average molecular weight is 792 g/mol. The minimum Gasteiger partial charge on any atom is -0.471 e. The molecule has 3 N–H and O–H groups in total. The molecule has 5 aliphatic rings. The topological polar surface area (TPSA) is 203 Å². The van der Waals surface area contributed by atoms with E-state index >= 15 is 0 Å². The Labute approximate surface area is 323 Å². The van der Waals surface area contributed by atoms with Crippen molar-refractivity contribution in [1.82, 2.24) is 35.4 Å². The number of para-hydroxylation sites is 1. The first kappa shape index (κ1) is 38.0. The molecule has 0 unspecified atom stereocenters. The van der Waals surface area contributed by atoms with E-state index in [4.69, 9.17) is 9.26 Å². The number of halogens is 1. The first-order valence-electron chi connectivity index (χ1n) is 19.6. The van der Waals surface area contributed by atoms with E-state index in [1.165, 1.54) is 17.0 Å². The normalized spacial score (nSPS) is 28.2. The highest BCUT2D eigenvalue weighted by atomic mass is 32.2. The zero-order chi connectivity index (χ0) is 39.4. The molecule has 1 saturated heterocycles. The number of hydrogen-bond acceptors (Lipinski definition) is 11. The van der Waals surface area contributed by atoms with Gasteiger partial charge in [-0.1, -0.05) is 43.1 Å². The Kier molecular flexibility index (Phi) is 9.86. The van der Waals surface area contributed by atoms with Crippen LogP contribution in [0.15, 0.2) is 40.9 Å². The maximum Gasteiger partial charge on any atom is 0.274 e. The summed E-state index contributed by atoms with van der Waals surface area (Å²) >= 11 is 0. The standard InChI is InChI=1S/C39H46FN7O8S/c1-3-26-35(43-32-25(40)11-9-13-27(32)41-26)54-24-18-30-34(49)44-39(37(51)46-56(52,53)38(2)16-17-38)20-23(39)10-7-5-4-6-8-12-28(36(50)47(30)21-24)42-33(48)29-19-31(55-45-29)22-14-15-22/h7,9-11,13,19,22-24,28,30H,3-6,8,12,14-18,20-21H2,1-2H3,(H,42,48)(H,44,49)(H,46,51)/b10-7-/t23-,24-,28+,30+,39-/m1/s1. The van der Waals surface area contributed by atoms with Crippen molar-refractivity contribution in [3.8, 4) is 5.88 Å². The Bertz CT molecular complexity index is 2220. The van der Waals surface area contributed by atoms with Crippen molar-refractivity contribution in [2.75, 3.05) is 6.54 Å². The monoisotopic (exact) mass is 791 g/mol. The molecule has 3 aromatic rings. The summed E-state index contributed by atoms with van der Waals surface area (Å²) in [5.74, 6) is -2.78. The van der Waals surface area contributed by atoms with Gasteiger partial charge in [0.05, 0.1) is 16.8 Å². The molecule has 4 amide bonds. The second-order valence-electron chi connectivity index (χ2n) is 16.1. The predicted octanol–water partition coefficient (Wildman–Crippen LogP) is 3.74. The lowest BCUT2D eigenvalue weighted by atomic mass is 10.0. The molecule has 2 aromatic heterocycles. The SMILES string of the molecule is CCc1nc2cccc(F)c2nc1O[C@@H]1C[C@H]2C(=O)N[C@]3(C(=O)NS(=O)(=O)C4(C)CC4)C[C@H]3/C=C\CCCCC[C@H](NC(=O)c3cc(C4CC4)on3)C(=O)N2C1. The lowest BCUT2D eigenvalue weighted by Crippen LogP contribution is -2.58. The number of ether oxygens (including phenoxy) is 1. The fourth-order valence-electron chi connectivity index (χ4n) is 7.68. The van der Waals surface area contributed by atoms with Crippen LogP contribution in [0.5, 0.6) is 5.88 Å². The van der Waals surface area contributed by atoms with Crippen LogP contribution < -0.4 is 20.1 Å². The highest BCUT2D eigenvalue weighted by Crippen LogP contribution is 2.47. The fourth-order valence-corrected chi connectivity index (χ4v) is 8.99. The van der Waals surface area contributed by atoms with Gasteiger partial charge in [0, 0.05) is 24.3 Å². The number of amides is 4. The van der Waals surface area contributed by atoms with Crippen molar-refractivity contribution < 1.29 is 41.2 Å². The third-order valence-electron chi connectivity index (χ3n) is 11.8. The van der Waals surface area contributed by atoms with E-state index in [0.717, 1.165) is 25.7 Å². The number of nitrogens with zero attached hydrogens (tertiary/aromatic N) is 4. The van der Waals surface area contributed by atoms with Crippen LogP contribution in [-0.2, 0) is 30.8 Å². The second-order valence-corrected chi connectivity index (χ2v) is 18.3. The molecule has 298 valence electrons. The molecular formula is C39H46FN7O8S. The number of sulfonamides is 1. The van der Waals surface area contributed by atoms with Gasteiger partial charge in [-0.05, 0) is 76.8 Å². The number of aryl methyl sites for hydroxylation is 1. The van der Waals surface area contributed by atoms with Crippen LogP contribution in [0.4, 0.5) is 4.39 Å². The van der Waals surface area contributed by atoms with Crippen LogP contribution in [0.2, 0.25) is 0 Å². The van der Waals surface area contributed by atoms with Crippen LogP contribution in [0.3, 0.4) is 0 Å². The van der Waals surface area contributed by atoms with Gasteiger partial charge in [0.1, 0.15) is 40.7 Å². The van der Waals surface area contributed by atoms with Gasteiger partial charge < -0.3 is 24.8 Å². The number of rotatable bonds is 9. The van der Waals surface area contributed by atoms with Crippen molar-refractivity contribution >= 4 is 44.7 Å². The van der Waals surface area contributed by atoms with Gasteiger partial charge in [-0.25, -0.2) is 22.8 Å². The van der Waals surface area contributed by atoms with Crippen molar-refractivity contribution in [1.29, 1.82) is 0 Å². The van der Waals surface area contributed by atoms with Gasteiger partial charge in [0.2, 0.25) is 27.7 Å². The van der Waals surface area contributed by atoms with Crippen LogP contribution in [-0.4, -0.2) is 87.1 Å². The van der Waals surface area contributed by atoms with Gasteiger partial charge >= 0.3 is 0 Å². The third-order valence-corrected chi connectivity index (χ3v) is 14.0. The Balaban J connectivity index is 1.10. The number of hydrogen-bond donors (Lipinski definition) is 3. The lowest BCUT2D eigenvalue weighted by Gasteiger charge is -2.30. The third kappa shape index (κ3) is 7.37. The Morgan fingerprint density at radius 3 is 2.68 bits per heavy atom. The minimum absolute atomic E-state index is 0.0117. The maximum atomic E-state index is 14.8. The summed E-state index contributed by atoms with van der Waals surface area (Å²) in [6.07, 6.45) is 9.26. The first-order valence-corrected chi connectivity index (χ1v) is 21.0. The summed E-state index contributed by atoms with van der Waals surface area (Å²) in [6.45, 7) is 3.32. The Morgan fingerprint density at radius 2 is 1.93 bits per heavy atom. The summed E-state index contributed by atoms with van der Waals surface area (Å²) in [4.78, 5) is 66.8. The van der Waals surface area contributed by atoms with Crippen LogP contribution in [0, 0.1) is 11.7 Å². The zero-order valence-electron chi connectivity index (χ0n) is 31.4. The second kappa shape index (κ2) is 14.5. The number of allylic oxidation sites excluding steroid dienone is 1. The molecule has 0 spiro atoms. The van der Waals surface area contributed by atoms with E-state index in [2.05, 4.69) is 30.5 Å². The van der Waals surface area contributed by atoms with E-state index in [1.54, 1.807) is 19.1 Å². The zero-order valence-corrected chi connectivity index (χ0v) is 32.2. The molecule has 1 aromatic carbocycles. The highest BCUT2D eigenvalue weighted by Gasteiger charge is 2.63. The van der Waals surface area contributed by atoms with Crippen LogP contribution in [0.25, 0.3) is 11.0 Å². The highest BCUT2D eigenvalue weighted by molar-refractivity contribution is 7.91. The number of aromatic nitrogens is 3. The van der Waals surface area contributed by atoms with Crippen molar-refractivity contribution in [3.05, 3.63) is 59.4 Å². The molecule has 0 bridgehead atoms. The van der Waals surface area contributed by atoms with E-state index < -0.39 is 73.9 Å². The largest absolute Gasteiger partial charge is 0.471 e. The Hall–Kier alpha value is -4.93. The van der Waals surface area contributed by atoms with Crippen molar-refractivity contribution in [3.63, 3.8) is 0 Å². The van der Waals surface area contributed by atoms with Gasteiger partial charge in [-0.2, -0.15) is 0 Å². The van der Waals surface area contributed by atoms with Crippen molar-refractivity contribution in [2.24, 2.45) is 5.92 Å². The number of benzene rings is 1. The molecule has 5 atom stereocenters. The molecule has 4 fully saturated rings. The molecule has 17 heteroatoms. The smallest absolute Gasteiger partial charge is 0.274 e. The molecular weight excluding hydrogens is 746 g/mol. The number of fused-ring (bicyclic) bond motifs is 3. The van der Waals surface area contributed by atoms with Gasteiger partial charge in [-0.15, -0.1) is 0 Å². The lowest BCUT2D eigenvalue weighted by molar-refractivity contribution is -0.141. The van der Waals surface area contributed by atoms with Crippen LogP contribution >= 0.6 is 0 Å².